The lowest BCUT2D eigenvalue weighted by atomic mass is 9.91. The van der Waals surface area contributed by atoms with Crippen LogP contribution in [0.15, 0.2) is 0 Å². The first kappa shape index (κ1) is 17.8. The summed E-state index contributed by atoms with van der Waals surface area (Å²) in [6.07, 6.45) is 3.61. The Kier molecular flexibility index (Phi) is 8.12. The molecule has 6 nitrogen and oxygen atoms in total. The van der Waals surface area contributed by atoms with Crippen molar-refractivity contribution < 1.29 is 19.4 Å². The highest BCUT2D eigenvalue weighted by Crippen LogP contribution is 2.21. The smallest absolute Gasteiger partial charge is 0.317 e. The summed E-state index contributed by atoms with van der Waals surface area (Å²) in [5, 5.41) is 11.9. The largest absolute Gasteiger partial charge is 0.481 e. The fourth-order valence-electron chi connectivity index (χ4n) is 2.53. The Morgan fingerprint density at radius 3 is 2.67 bits per heavy atom. The van der Waals surface area contributed by atoms with Crippen LogP contribution >= 0.6 is 0 Å². The summed E-state index contributed by atoms with van der Waals surface area (Å²) in [4.78, 5) is 24.7. The average Bonchev–Trinajstić information content (AvgIpc) is 2.45. The molecule has 0 aromatic carbocycles. The van der Waals surface area contributed by atoms with Crippen LogP contribution < -0.4 is 5.32 Å². The van der Waals surface area contributed by atoms with Crippen molar-refractivity contribution in [3.63, 3.8) is 0 Å². The monoisotopic (exact) mass is 300 g/mol. The van der Waals surface area contributed by atoms with Gasteiger partial charge in [-0.2, -0.15) is 0 Å². The second-order valence-corrected chi connectivity index (χ2v) is 5.83. The first-order chi connectivity index (χ1) is 10.0. The number of piperidine rings is 1. The SMILES string of the molecule is CCCCOCCCNC(=O)N1CC(C)CC(C(=O)O)C1. The molecule has 2 amide bonds. The summed E-state index contributed by atoms with van der Waals surface area (Å²) in [5.74, 6) is -1.04. The van der Waals surface area contributed by atoms with Crippen LogP contribution in [0.25, 0.3) is 0 Å². The molecule has 122 valence electrons. The van der Waals surface area contributed by atoms with Crippen molar-refractivity contribution in [2.24, 2.45) is 11.8 Å². The van der Waals surface area contributed by atoms with Gasteiger partial charge in [-0.15, -0.1) is 0 Å². The predicted molar refractivity (Wildman–Crippen MR) is 80.2 cm³/mol. The summed E-state index contributed by atoms with van der Waals surface area (Å²) in [6, 6.07) is -0.165. The highest BCUT2D eigenvalue weighted by atomic mass is 16.5. The first-order valence-electron chi connectivity index (χ1n) is 7.87. The molecule has 0 spiro atoms. The number of unbranched alkanes of at least 4 members (excludes halogenated alkanes) is 1. The lowest BCUT2D eigenvalue weighted by Crippen LogP contribution is -2.49. The van der Waals surface area contributed by atoms with Crippen LogP contribution in [0, 0.1) is 11.8 Å². The summed E-state index contributed by atoms with van der Waals surface area (Å²) in [6.45, 7) is 7.02. The predicted octanol–water partition coefficient (Wildman–Crippen LogP) is 1.95. The fraction of sp³-hybridized carbons (Fsp3) is 0.867. The molecule has 0 aliphatic carbocycles. The molecule has 0 radical (unpaired) electrons. The zero-order valence-electron chi connectivity index (χ0n) is 13.1. The highest BCUT2D eigenvalue weighted by molar-refractivity contribution is 5.76. The van der Waals surface area contributed by atoms with Crippen LogP contribution in [0.2, 0.25) is 0 Å². The molecular formula is C15H28N2O4. The summed E-state index contributed by atoms with van der Waals surface area (Å²) >= 11 is 0. The van der Waals surface area contributed by atoms with Gasteiger partial charge in [-0.05, 0) is 25.2 Å². The molecule has 0 bridgehead atoms. The molecule has 0 aromatic rings. The minimum atomic E-state index is -0.816. The Balaban J connectivity index is 2.20. The Labute approximate surface area is 126 Å². The van der Waals surface area contributed by atoms with Gasteiger partial charge in [0, 0.05) is 32.8 Å². The zero-order valence-corrected chi connectivity index (χ0v) is 13.1. The molecule has 2 N–H and O–H groups in total. The van der Waals surface area contributed by atoms with E-state index in [1.165, 1.54) is 0 Å². The number of carboxylic acid groups (broad SMARTS) is 1. The van der Waals surface area contributed by atoms with Crippen molar-refractivity contribution >= 4 is 12.0 Å². The molecule has 1 fully saturated rings. The van der Waals surface area contributed by atoms with Crippen LogP contribution in [0.4, 0.5) is 4.79 Å². The Morgan fingerprint density at radius 2 is 2.00 bits per heavy atom. The average molecular weight is 300 g/mol. The van der Waals surface area contributed by atoms with E-state index < -0.39 is 11.9 Å². The molecular weight excluding hydrogens is 272 g/mol. The third kappa shape index (κ3) is 6.80. The molecule has 1 aliphatic rings. The molecule has 6 heteroatoms. The number of hydrogen-bond acceptors (Lipinski definition) is 3. The minimum Gasteiger partial charge on any atom is -0.481 e. The second kappa shape index (κ2) is 9.60. The molecule has 21 heavy (non-hydrogen) atoms. The number of ether oxygens (including phenoxy) is 1. The van der Waals surface area contributed by atoms with Crippen molar-refractivity contribution in [3.05, 3.63) is 0 Å². The summed E-state index contributed by atoms with van der Waals surface area (Å²) in [5.41, 5.74) is 0. The molecule has 2 atom stereocenters. The standard InChI is InChI=1S/C15H28N2O4/c1-3-4-7-21-8-5-6-16-15(20)17-10-12(2)9-13(11-17)14(18)19/h12-13H,3-11H2,1-2H3,(H,16,20)(H,18,19). The Morgan fingerprint density at radius 1 is 1.29 bits per heavy atom. The number of hydrogen-bond donors (Lipinski definition) is 2. The maximum atomic E-state index is 12.0. The third-order valence-corrected chi connectivity index (χ3v) is 3.68. The number of amides is 2. The van der Waals surface area contributed by atoms with E-state index in [1.807, 2.05) is 6.92 Å². The first-order valence-corrected chi connectivity index (χ1v) is 7.87. The topological polar surface area (TPSA) is 78.9 Å². The number of carboxylic acids is 1. The molecule has 1 heterocycles. The van der Waals surface area contributed by atoms with Gasteiger partial charge in [-0.1, -0.05) is 20.3 Å². The lowest BCUT2D eigenvalue weighted by Gasteiger charge is -2.34. The van der Waals surface area contributed by atoms with Crippen LogP contribution in [0.5, 0.6) is 0 Å². The van der Waals surface area contributed by atoms with Gasteiger partial charge in [0.05, 0.1) is 5.92 Å². The van der Waals surface area contributed by atoms with Gasteiger partial charge in [-0.3, -0.25) is 4.79 Å². The maximum Gasteiger partial charge on any atom is 0.317 e. The molecule has 1 rings (SSSR count). The Hall–Kier alpha value is -1.30. The van der Waals surface area contributed by atoms with E-state index in [9.17, 15) is 9.59 Å². The second-order valence-electron chi connectivity index (χ2n) is 5.83. The zero-order chi connectivity index (χ0) is 15.7. The van der Waals surface area contributed by atoms with Gasteiger partial charge < -0.3 is 20.1 Å². The van der Waals surface area contributed by atoms with Crippen LogP contribution in [-0.2, 0) is 9.53 Å². The van der Waals surface area contributed by atoms with E-state index in [2.05, 4.69) is 12.2 Å². The van der Waals surface area contributed by atoms with Crippen molar-refractivity contribution in [2.45, 2.75) is 39.5 Å². The fourth-order valence-corrected chi connectivity index (χ4v) is 2.53. The molecule has 0 aromatic heterocycles. The minimum absolute atomic E-state index is 0.165. The van der Waals surface area contributed by atoms with Crippen molar-refractivity contribution in [1.29, 1.82) is 0 Å². The Bertz CT molecular complexity index is 336. The number of rotatable bonds is 8. The van der Waals surface area contributed by atoms with E-state index >= 15 is 0 Å². The van der Waals surface area contributed by atoms with Gasteiger partial charge in [0.2, 0.25) is 0 Å². The van der Waals surface area contributed by atoms with Crippen LogP contribution in [0.3, 0.4) is 0 Å². The van der Waals surface area contributed by atoms with Crippen LogP contribution in [-0.4, -0.2) is 54.9 Å². The lowest BCUT2D eigenvalue weighted by molar-refractivity contribution is -0.143. The normalized spacial score (nSPS) is 22.1. The quantitative estimate of drug-likeness (QED) is 0.672. The maximum absolute atomic E-state index is 12.0. The van der Waals surface area contributed by atoms with E-state index in [-0.39, 0.29) is 11.9 Å². The van der Waals surface area contributed by atoms with Gasteiger partial charge >= 0.3 is 12.0 Å². The van der Waals surface area contributed by atoms with Crippen molar-refractivity contribution in [1.82, 2.24) is 10.2 Å². The summed E-state index contributed by atoms with van der Waals surface area (Å²) < 4.78 is 5.42. The number of carbonyl (C=O) groups is 2. The van der Waals surface area contributed by atoms with E-state index in [1.54, 1.807) is 4.90 Å². The number of aliphatic carboxylic acids is 1. The third-order valence-electron chi connectivity index (χ3n) is 3.68. The number of likely N-dealkylation sites (tertiary alicyclic amines) is 1. The van der Waals surface area contributed by atoms with Crippen molar-refractivity contribution in [2.75, 3.05) is 32.8 Å². The van der Waals surface area contributed by atoms with E-state index in [0.717, 1.165) is 25.9 Å². The summed E-state index contributed by atoms with van der Waals surface area (Å²) in [7, 11) is 0. The molecule has 1 saturated heterocycles. The van der Waals surface area contributed by atoms with Gasteiger partial charge in [0.1, 0.15) is 0 Å². The van der Waals surface area contributed by atoms with Gasteiger partial charge in [0.25, 0.3) is 0 Å². The van der Waals surface area contributed by atoms with Crippen LogP contribution in [0.1, 0.15) is 39.5 Å². The van der Waals surface area contributed by atoms with Gasteiger partial charge in [-0.25, -0.2) is 4.79 Å². The number of carbonyl (C=O) groups excluding carboxylic acids is 1. The van der Waals surface area contributed by atoms with E-state index in [4.69, 9.17) is 9.84 Å². The molecule has 0 saturated carbocycles. The van der Waals surface area contributed by atoms with E-state index in [0.29, 0.717) is 32.7 Å². The molecule has 2 unspecified atom stereocenters. The highest BCUT2D eigenvalue weighted by Gasteiger charge is 2.31. The number of nitrogens with one attached hydrogen (secondary N) is 1. The van der Waals surface area contributed by atoms with Crippen molar-refractivity contribution in [3.8, 4) is 0 Å². The number of urea groups is 1. The molecule has 1 aliphatic heterocycles. The number of nitrogens with zero attached hydrogens (tertiary/aromatic N) is 1. The van der Waals surface area contributed by atoms with Gasteiger partial charge in [0.15, 0.2) is 0 Å².